The van der Waals surface area contributed by atoms with Crippen molar-refractivity contribution >= 4 is 6.03 Å². The molecule has 1 aromatic heterocycles. The Morgan fingerprint density at radius 1 is 1.16 bits per heavy atom. The second kappa shape index (κ2) is 8.41. The van der Waals surface area contributed by atoms with Crippen molar-refractivity contribution in [1.82, 2.24) is 20.4 Å². The molecule has 160 valence electrons. The van der Waals surface area contributed by atoms with Gasteiger partial charge in [-0.2, -0.15) is 4.98 Å². The van der Waals surface area contributed by atoms with Crippen LogP contribution >= 0.6 is 0 Å². The molecular formula is C24H26N4O3. The predicted octanol–water partition coefficient (Wildman–Crippen LogP) is 4.19. The number of hydrogen-bond acceptors (Lipinski definition) is 5. The molecule has 31 heavy (non-hydrogen) atoms. The van der Waals surface area contributed by atoms with Crippen LogP contribution in [0.5, 0.6) is 5.75 Å². The van der Waals surface area contributed by atoms with Crippen LogP contribution < -0.4 is 10.1 Å². The van der Waals surface area contributed by atoms with Gasteiger partial charge in [-0.1, -0.05) is 35.5 Å². The summed E-state index contributed by atoms with van der Waals surface area (Å²) in [6.07, 6.45) is 2.86. The first-order valence-electron chi connectivity index (χ1n) is 10.8. The Morgan fingerprint density at radius 3 is 2.74 bits per heavy atom. The maximum Gasteiger partial charge on any atom is 0.317 e. The van der Waals surface area contributed by atoms with Crippen molar-refractivity contribution < 1.29 is 14.1 Å². The fraction of sp³-hybridized carbons (Fsp3) is 0.375. The zero-order valence-corrected chi connectivity index (χ0v) is 17.5. The number of methoxy groups -OCH3 is 1. The van der Waals surface area contributed by atoms with Gasteiger partial charge in [-0.05, 0) is 49.1 Å². The van der Waals surface area contributed by atoms with E-state index in [2.05, 4.69) is 27.6 Å². The van der Waals surface area contributed by atoms with Gasteiger partial charge in [0.1, 0.15) is 5.75 Å². The number of carbonyl (C=O) groups excluding carboxylic acids is 1. The highest BCUT2D eigenvalue weighted by Gasteiger charge is 2.40. The SMILES string of the molecule is COc1ccc(-c2noc(C3CCCN(C(=O)N[C@@H]4C[C@H]4c4ccccc4)C3)n2)cc1. The Balaban J connectivity index is 1.20. The van der Waals surface area contributed by atoms with Crippen LogP contribution in [0.25, 0.3) is 11.4 Å². The van der Waals surface area contributed by atoms with Crippen LogP contribution in [0.1, 0.15) is 42.6 Å². The number of carbonyl (C=O) groups is 1. The normalized spacial score (nSPS) is 22.7. The maximum atomic E-state index is 12.8. The lowest BCUT2D eigenvalue weighted by molar-refractivity contribution is 0.171. The van der Waals surface area contributed by atoms with Gasteiger partial charge >= 0.3 is 6.03 Å². The van der Waals surface area contributed by atoms with Crippen LogP contribution in [-0.4, -0.2) is 47.3 Å². The van der Waals surface area contributed by atoms with Crippen molar-refractivity contribution in [2.24, 2.45) is 0 Å². The monoisotopic (exact) mass is 418 g/mol. The minimum absolute atomic E-state index is 0.00280. The number of piperidine rings is 1. The summed E-state index contributed by atoms with van der Waals surface area (Å²) in [6.45, 7) is 1.35. The third-order valence-corrected chi connectivity index (χ3v) is 6.17. The molecule has 0 radical (unpaired) electrons. The topological polar surface area (TPSA) is 80.5 Å². The minimum atomic E-state index is 0.00280. The largest absolute Gasteiger partial charge is 0.497 e. The average Bonchev–Trinajstić information content (AvgIpc) is 3.41. The molecule has 3 aromatic rings. The summed E-state index contributed by atoms with van der Waals surface area (Å²) in [5.41, 5.74) is 2.17. The molecular weight excluding hydrogens is 392 g/mol. The number of nitrogens with zero attached hydrogens (tertiary/aromatic N) is 3. The summed E-state index contributed by atoms with van der Waals surface area (Å²) >= 11 is 0. The first-order chi connectivity index (χ1) is 15.2. The number of rotatable bonds is 5. The standard InChI is InChI=1S/C24H26N4O3/c1-30-19-11-9-17(10-12-19)22-26-23(31-27-22)18-8-5-13-28(15-18)24(29)25-21-14-20(21)16-6-3-2-4-7-16/h2-4,6-7,9-12,18,20-21H,5,8,13-15H2,1H3,(H,25,29)/t18?,20-,21+/m0/s1. The summed E-state index contributed by atoms with van der Waals surface area (Å²) < 4.78 is 10.8. The highest BCUT2D eigenvalue weighted by atomic mass is 16.5. The molecule has 2 aromatic carbocycles. The van der Waals surface area contributed by atoms with Gasteiger partial charge in [0.2, 0.25) is 11.7 Å². The average molecular weight is 418 g/mol. The summed E-state index contributed by atoms with van der Waals surface area (Å²) in [6, 6.07) is 18.2. The van der Waals surface area contributed by atoms with Gasteiger partial charge in [0.15, 0.2) is 0 Å². The smallest absolute Gasteiger partial charge is 0.317 e. The Bertz CT molecular complexity index is 1030. The zero-order chi connectivity index (χ0) is 21.2. The minimum Gasteiger partial charge on any atom is -0.497 e. The van der Waals surface area contributed by atoms with Crippen LogP contribution in [-0.2, 0) is 0 Å². The number of urea groups is 1. The summed E-state index contributed by atoms with van der Waals surface area (Å²) in [4.78, 5) is 19.3. The number of amides is 2. The predicted molar refractivity (Wildman–Crippen MR) is 116 cm³/mol. The van der Waals surface area contributed by atoms with Crippen molar-refractivity contribution in [3.05, 3.63) is 66.1 Å². The number of ether oxygens (including phenoxy) is 1. The van der Waals surface area contributed by atoms with Gasteiger partial charge in [0.05, 0.1) is 13.0 Å². The lowest BCUT2D eigenvalue weighted by atomic mass is 9.98. The first-order valence-corrected chi connectivity index (χ1v) is 10.8. The lowest BCUT2D eigenvalue weighted by Gasteiger charge is -2.31. The van der Waals surface area contributed by atoms with Crippen LogP contribution in [0.4, 0.5) is 4.79 Å². The van der Waals surface area contributed by atoms with Crippen LogP contribution in [0.2, 0.25) is 0 Å². The fourth-order valence-electron chi connectivity index (χ4n) is 4.29. The maximum absolute atomic E-state index is 12.8. The summed E-state index contributed by atoms with van der Waals surface area (Å²) in [7, 11) is 1.64. The molecule has 0 spiro atoms. The fourth-order valence-corrected chi connectivity index (χ4v) is 4.29. The Labute approximate surface area is 181 Å². The molecule has 3 atom stereocenters. The summed E-state index contributed by atoms with van der Waals surface area (Å²) in [5, 5.41) is 7.34. The van der Waals surface area contributed by atoms with E-state index < -0.39 is 0 Å². The Morgan fingerprint density at radius 2 is 1.97 bits per heavy atom. The van der Waals surface area contributed by atoms with E-state index in [-0.39, 0.29) is 18.0 Å². The van der Waals surface area contributed by atoms with E-state index in [4.69, 9.17) is 9.26 Å². The second-order valence-corrected chi connectivity index (χ2v) is 8.28. The van der Waals surface area contributed by atoms with E-state index in [9.17, 15) is 4.79 Å². The van der Waals surface area contributed by atoms with E-state index in [1.165, 1.54) is 5.56 Å². The van der Waals surface area contributed by atoms with Crippen molar-refractivity contribution in [3.63, 3.8) is 0 Å². The molecule has 0 bridgehead atoms. The molecule has 1 aliphatic carbocycles. The summed E-state index contributed by atoms with van der Waals surface area (Å²) in [5.74, 6) is 2.42. The molecule has 1 N–H and O–H groups in total. The van der Waals surface area contributed by atoms with Gasteiger partial charge in [0, 0.05) is 30.6 Å². The van der Waals surface area contributed by atoms with Crippen molar-refractivity contribution in [1.29, 1.82) is 0 Å². The number of hydrogen-bond donors (Lipinski definition) is 1. The van der Waals surface area contributed by atoms with E-state index in [1.54, 1.807) is 7.11 Å². The number of benzene rings is 2. The van der Waals surface area contributed by atoms with Crippen molar-refractivity contribution in [2.45, 2.75) is 37.1 Å². The molecule has 1 unspecified atom stereocenters. The zero-order valence-electron chi connectivity index (χ0n) is 17.5. The quantitative estimate of drug-likeness (QED) is 0.672. The first kappa shape index (κ1) is 19.6. The molecule has 7 nitrogen and oxygen atoms in total. The van der Waals surface area contributed by atoms with Gasteiger partial charge in [-0.3, -0.25) is 0 Å². The van der Waals surface area contributed by atoms with E-state index >= 15 is 0 Å². The van der Waals surface area contributed by atoms with Crippen LogP contribution in [0.3, 0.4) is 0 Å². The second-order valence-electron chi connectivity index (χ2n) is 8.28. The molecule has 2 fully saturated rings. The Hall–Kier alpha value is -3.35. The van der Waals surface area contributed by atoms with Crippen LogP contribution in [0.15, 0.2) is 59.1 Å². The van der Waals surface area contributed by atoms with Crippen LogP contribution in [0, 0.1) is 0 Å². The van der Waals surface area contributed by atoms with Gasteiger partial charge in [-0.25, -0.2) is 4.79 Å². The number of aromatic nitrogens is 2. The van der Waals surface area contributed by atoms with Crippen molar-refractivity contribution in [3.8, 4) is 17.1 Å². The van der Waals surface area contributed by atoms with E-state index in [0.29, 0.717) is 24.2 Å². The van der Waals surface area contributed by atoms with E-state index in [0.717, 1.165) is 37.1 Å². The molecule has 1 saturated carbocycles. The van der Waals surface area contributed by atoms with E-state index in [1.807, 2.05) is 47.4 Å². The molecule has 1 saturated heterocycles. The number of likely N-dealkylation sites (tertiary alicyclic amines) is 1. The Kier molecular flexibility index (Phi) is 5.32. The molecule has 2 aliphatic rings. The number of nitrogens with one attached hydrogen (secondary N) is 1. The third-order valence-electron chi connectivity index (χ3n) is 6.17. The van der Waals surface area contributed by atoms with Gasteiger partial charge in [-0.15, -0.1) is 0 Å². The highest BCUT2D eigenvalue weighted by Crippen LogP contribution is 2.40. The van der Waals surface area contributed by atoms with Gasteiger partial charge in [0.25, 0.3) is 0 Å². The third kappa shape index (κ3) is 4.26. The van der Waals surface area contributed by atoms with Crippen molar-refractivity contribution in [2.75, 3.05) is 20.2 Å². The van der Waals surface area contributed by atoms with Gasteiger partial charge < -0.3 is 19.5 Å². The molecule has 5 rings (SSSR count). The lowest BCUT2D eigenvalue weighted by Crippen LogP contribution is -2.46. The molecule has 2 amide bonds. The molecule has 2 heterocycles. The molecule has 7 heteroatoms. The highest BCUT2D eigenvalue weighted by molar-refractivity contribution is 5.75. The molecule has 1 aliphatic heterocycles.